The van der Waals surface area contributed by atoms with E-state index in [9.17, 15) is 0 Å². The summed E-state index contributed by atoms with van der Waals surface area (Å²) in [7, 11) is 0. The van der Waals surface area contributed by atoms with Crippen molar-refractivity contribution in [2.45, 2.75) is 12.8 Å². The summed E-state index contributed by atoms with van der Waals surface area (Å²) in [6, 6.07) is 0. The second-order valence-electron chi connectivity index (χ2n) is 3.45. The van der Waals surface area contributed by atoms with E-state index < -0.39 is 0 Å². The van der Waals surface area contributed by atoms with Gasteiger partial charge in [0.05, 0.1) is 6.61 Å². The van der Waals surface area contributed by atoms with Gasteiger partial charge in [0, 0.05) is 6.61 Å². The van der Waals surface area contributed by atoms with Crippen molar-refractivity contribution in [3.63, 3.8) is 0 Å². The van der Waals surface area contributed by atoms with Crippen LogP contribution in [-0.4, -0.2) is 38.1 Å². The van der Waals surface area contributed by atoms with Crippen molar-refractivity contribution >= 4 is 0 Å². The third-order valence-corrected chi connectivity index (χ3v) is 1.79. The smallest absolute Gasteiger partial charge is 0.115 e. The summed E-state index contributed by atoms with van der Waals surface area (Å²) in [5.74, 6) is 1.12. The van der Waals surface area contributed by atoms with Gasteiger partial charge < -0.3 is 19.3 Å². The van der Waals surface area contributed by atoms with Crippen LogP contribution in [0.25, 0.3) is 0 Å². The average molecular weight is 242 g/mol. The van der Waals surface area contributed by atoms with Crippen molar-refractivity contribution < 1.29 is 19.3 Å². The fourth-order valence-corrected chi connectivity index (χ4v) is 0.969. The first-order valence-corrected chi connectivity index (χ1v) is 5.61. The summed E-state index contributed by atoms with van der Waals surface area (Å²) in [6.07, 6.45) is 3.19. The Balaban J connectivity index is 3.37. The second kappa shape index (κ2) is 11.2. The zero-order valence-electron chi connectivity index (χ0n) is 10.3. The Kier molecular flexibility index (Phi) is 10.4. The van der Waals surface area contributed by atoms with Gasteiger partial charge in [0.2, 0.25) is 0 Å². The third kappa shape index (κ3) is 11.0. The quantitative estimate of drug-likeness (QED) is 0.323. The standard InChI is InChI=1S/C13H22O4/c1-4-8-16-12(2)10-15-11-13(3)17-9-6-5-7-14/h4,14H,1-3,5-11H2. The van der Waals surface area contributed by atoms with E-state index in [1.807, 2.05) is 0 Å². The van der Waals surface area contributed by atoms with Crippen LogP contribution in [0.1, 0.15) is 12.8 Å². The van der Waals surface area contributed by atoms with E-state index in [1.165, 1.54) is 0 Å². The maximum atomic E-state index is 8.57. The highest BCUT2D eigenvalue weighted by molar-refractivity contribution is 4.87. The average Bonchev–Trinajstić information content (AvgIpc) is 2.32. The molecular weight excluding hydrogens is 220 g/mol. The van der Waals surface area contributed by atoms with E-state index in [4.69, 9.17) is 19.3 Å². The lowest BCUT2D eigenvalue weighted by Gasteiger charge is -2.11. The van der Waals surface area contributed by atoms with Crippen molar-refractivity contribution in [1.82, 2.24) is 0 Å². The molecule has 98 valence electrons. The number of rotatable bonds is 12. The van der Waals surface area contributed by atoms with Crippen LogP contribution in [0.4, 0.5) is 0 Å². The number of ether oxygens (including phenoxy) is 3. The van der Waals surface area contributed by atoms with Crippen LogP contribution in [0.3, 0.4) is 0 Å². The van der Waals surface area contributed by atoms with Crippen molar-refractivity contribution in [2.75, 3.05) is 33.0 Å². The van der Waals surface area contributed by atoms with Crippen LogP contribution in [0.15, 0.2) is 37.3 Å². The van der Waals surface area contributed by atoms with Gasteiger partial charge in [0.25, 0.3) is 0 Å². The van der Waals surface area contributed by atoms with Crippen molar-refractivity contribution in [2.24, 2.45) is 0 Å². The molecule has 0 saturated heterocycles. The van der Waals surface area contributed by atoms with Crippen LogP contribution < -0.4 is 0 Å². The lowest BCUT2D eigenvalue weighted by molar-refractivity contribution is 0.0827. The molecule has 0 saturated carbocycles. The molecule has 4 heteroatoms. The van der Waals surface area contributed by atoms with Gasteiger partial charge in [-0.1, -0.05) is 25.8 Å². The minimum atomic E-state index is 0.187. The first-order valence-electron chi connectivity index (χ1n) is 5.61. The molecule has 0 aromatic rings. The van der Waals surface area contributed by atoms with E-state index >= 15 is 0 Å². The van der Waals surface area contributed by atoms with E-state index in [0.717, 1.165) is 12.8 Å². The molecule has 0 atom stereocenters. The lowest BCUT2D eigenvalue weighted by atomic mass is 10.3. The SMILES string of the molecule is C=CCOC(=C)COCC(=C)OCCCCO. The monoisotopic (exact) mass is 242 g/mol. The van der Waals surface area contributed by atoms with Crippen molar-refractivity contribution in [3.8, 4) is 0 Å². The van der Waals surface area contributed by atoms with Crippen molar-refractivity contribution in [3.05, 3.63) is 37.3 Å². The topological polar surface area (TPSA) is 47.9 Å². The summed E-state index contributed by atoms with van der Waals surface area (Å²) < 4.78 is 15.7. The van der Waals surface area contributed by atoms with Gasteiger partial charge in [-0.05, 0) is 12.8 Å². The van der Waals surface area contributed by atoms with Gasteiger partial charge >= 0.3 is 0 Å². The summed E-state index contributed by atoms with van der Waals surface area (Å²) in [6.45, 7) is 12.7. The molecule has 0 bridgehead atoms. The van der Waals surface area contributed by atoms with E-state index in [-0.39, 0.29) is 6.61 Å². The van der Waals surface area contributed by atoms with E-state index in [2.05, 4.69) is 19.7 Å². The Labute approximate surface area is 103 Å². The van der Waals surface area contributed by atoms with Crippen LogP contribution in [0, 0.1) is 0 Å². The molecule has 0 aliphatic heterocycles. The first-order chi connectivity index (χ1) is 8.20. The number of hydrogen-bond donors (Lipinski definition) is 1. The zero-order chi connectivity index (χ0) is 12.9. The summed E-state index contributed by atoms with van der Waals surface area (Å²) in [5.41, 5.74) is 0. The summed E-state index contributed by atoms with van der Waals surface area (Å²) >= 11 is 0. The Morgan fingerprint density at radius 1 is 1.06 bits per heavy atom. The highest BCUT2D eigenvalue weighted by Gasteiger charge is 1.98. The highest BCUT2D eigenvalue weighted by atomic mass is 16.5. The predicted molar refractivity (Wildman–Crippen MR) is 67.5 cm³/mol. The first kappa shape index (κ1) is 15.7. The fraction of sp³-hybridized carbons (Fsp3) is 0.538. The minimum Gasteiger partial charge on any atom is -0.496 e. The maximum Gasteiger partial charge on any atom is 0.115 e. The summed E-state index contributed by atoms with van der Waals surface area (Å²) in [5, 5.41) is 8.57. The molecule has 0 aromatic heterocycles. The van der Waals surface area contributed by atoms with Gasteiger partial charge in [-0.3, -0.25) is 0 Å². The molecular formula is C13H22O4. The largest absolute Gasteiger partial charge is 0.496 e. The van der Waals surface area contributed by atoms with Crippen molar-refractivity contribution in [1.29, 1.82) is 0 Å². The molecule has 0 heterocycles. The molecule has 0 unspecified atom stereocenters. The third-order valence-electron chi connectivity index (χ3n) is 1.79. The number of aliphatic hydroxyl groups excluding tert-OH is 1. The molecule has 1 N–H and O–H groups in total. The lowest BCUT2D eigenvalue weighted by Crippen LogP contribution is -2.06. The van der Waals surface area contributed by atoms with Gasteiger partial charge in [-0.2, -0.15) is 0 Å². The Morgan fingerprint density at radius 2 is 1.71 bits per heavy atom. The fourth-order valence-electron chi connectivity index (χ4n) is 0.969. The highest BCUT2D eigenvalue weighted by Crippen LogP contribution is 2.00. The van der Waals surface area contributed by atoms with Gasteiger partial charge in [0.1, 0.15) is 31.3 Å². The van der Waals surface area contributed by atoms with Crippen LogP contribution in [0.5, 0.6) is 0 Å². The normalized spacial score (nSPS) is 9.71. The molecule has 4 nitrogen and oxygen atoms in total. The molecule has 0 aliphatic carbocycles. The Hall–Kier alpha value is -1.26. The predicted octanol–water partition coefficient (Wildman–Crippen LogP) is 2.02. The Morgan fingerprint density at radius 3 is 2.29 bits per heavy atom. The molecule has 0 aromatic carbocycles. The van der Waals surface area contributed by atoms with Gasteiger partial charge in [-0.25, -0.2) is 0 Å². The zero-order valence-corrected chi connectivity index (χ0v) is 10.3. The van der Waals surface area contributed by atoms with E-state index in [0.29, 0.717) is 37.9 Å². The minimum absolute atomic E-state index is 0.187. The maximum absolute atomic E-state index is 8.57. The molecule has 0 fully saturated rings. The second-order valence-corrected chi connectivity index (χ2v) is 3.45. The molecule has 0 rings (SSSR count). The van der Waals surface area contributed by atoms with Crippen LogP contribution >= 0.6 is 0 Å². The molecule has 17 heavy (non-hydrogen) atoms. The Bertz CT molecular complexity index is 236. The number of hydrogen-bond acceptors (Lipinski definition) is 4. The molecule has 0 spiro atoms. The molecule has 0 aliphatic rings. The van der Waals surface area contributed by atoms with E-state index in [1.54, 1.807) is 6.08 Å². The number of unbranched alkanes of at least 4 members (excludes halogenated alkanes) is 1. The number of aliphatic hydroxyl groups is 1. The molecule has 0 radical (unpaired) electrons. The van der Waals surface area contributed by atoms with Crippen LogP contribution in [0.2, 0.25) is 0 Å². The molecule has 0 amide bonds. The summed E-state index contributed by atoms with van der Waals surface area (Å²) in [4.78, 5) is 0. The van der Waals surface area contributed by atoms with Crippen LogP contribution in [-0.2, 0) is 14.2 Å². The van der Waals surface area contributed by atoms with Gasteiger partial charge in [0.15, 0.2) is 0 Å². The van der Waals surface area contributed by atoms with Gasteiger partial charge in [-0.15, -0.1) is 0 Å².